The van der Waals surface area contributed by atoms with Gasteiger partial charge in [0.05, 0.1) is 17.1 Å². The second-order valence-electron chi connectivity index (χ2n) is 10.0. The summed E-state index contributed by atoms with van der Waals surface area (Å²) in [5, 5.41) is 8.01. The summed E-state index contributed by atoms with van der Waals surface area (Å²) in [5.74, 6) is -0.560. The van der Waals surface area contributed by atoms with E-state index in [0.717, 1.165) is 29.4 Å². The third-order valence-electron chi connectivity index (χ3n) is 6.45. The molecule has 2 aliphatic heterocycles. The molecule has 8 heteroatoms. The summed E-state index contributed by atoms with van der Waals surface area (Å²) in [7, 11) is 1.88. The fraction of sp³-hybridized carbons (Fsp3) is 0.583. The third-order valence-corrected chi connectivity index (χ3v) is 6.45. The standard InChI is InChI=1S/C24H32N4O4/c1-14-12-16(10-11-28(14)23(31)32-24(2,3)4)15-6-7-17-19(13-15)27(5)26-21(17)18-8-9-20(29)25-22(18)30/h6-7,13-14,16,18H,8-12H2,1-5H3,(H,25,29,30)/t14-,16+,18?/m1/s1. The summed E-state index contributed by atoms with van der Waals surface area (Å²) < 4.78 is 7.38. The summed E-state index contributed by atoms with van der Waals surface area (Å²) >= 11 is 0. The Morgan fingerprint density at radius 3 is 2.62 bits per heavy atom. The zero-order chi connectivity index (χ0) is 23.2. The minimum atomic E-state index is -0.502. The minimum Gasteiger partial charge on any atom is -0.444 e. The average Bonchev–Trinajstić information content (AvgIpc) is 3.02. The molecule has 0 radical (unpaired) electrons. The number of nitrogens with one attached hydrogen (secondary N) is 1. The van der Waals surface area contributed by atoms with Crippen molar-refractivity contribution in [1.29, 1.82) is 0 Å². The van der Waals surface area contributed by atoms with Gasteiger partial charge in [0.2, 0.25) is 11.8 Å². The molecule has 172 valence electrons. The second kappa shape index (κ2) is 8.22. The van der Waals surface area contributed by atoms with Crippen LogP contribution in [-0.2, 0) is 21.4 Å². The fourth-order valence-electron chi connectivity index (χ4n) is 4.83. The molecule has 32 heavy (non-hydrogen) atoms. The van der Waals surface area contributed by atoms with Gasteiger partial charge in [0.1, 0.15) is 5.60 Å². The zero-order valence-corrected chi connectivity index (χ0v) is 19.5. The third kappa shape index (κ3) is 4.36. The maximum absolute atomic E-state index is 12.5. The van der Waals surface area contributed by atoms with Gasteiger partial charge in [0.25, 0.3) is 0 Å². The molecule has 1 N–H and O–H groups in total. The van der Waals surface area contributed by atoms with Crippen molar-refractivity contribution < 1.29 is 19.1 Å². The molecule has 0 bridgehead atoms. The van der Waals surface area contributed by atoms with Gasteiger partial charge in [-0.15, -0.1) is 0 Å². The second-order valence-corrected chi connectivity index (χ2v) is 10.0. The average molecular weight is 441 g/mol. The first-order valence-electron chi connectivity index (χ1n) is 11.3. The molecule has 1 aromatic carbocycles. The molecule has 1 unspecified atom stereocenters. The van der Waals surface area contributed by atoms with E-state index in [9.17, 15) is 14.4 Å². The number of aryl methyl sites for hydroxylation is 1. The molecular weight excluding hydrogens is 408 g/mol. The number of fused-ring (bicyclic) bond motifs is 1. The van der Waals surface area contributed by atoms with Crippen molar-refractivity contribution >= 4 is 28.8 Å². The van der Waals surface area contributed by atoms with Crippen LogP contribution in [0.4, 0.5) is 4.79 Å². The highest BCUT2D eigenvalue weighted by Gasteiger charge is 2.34. The molecule has 1 aromatic heterocycles. The predicted molar refractivity (Wildman–Crippen MR) is 120 cm³/mol. The SMILES string of the molecule is C[C@@H]1C[C@@H](c2ccc3c(C4CCC(=O)NC4=O)nn(C)c3c2)CCN1C(=O)OC(C)(C)C. The highest BCUT2D eigenvalue weighted by atomic mass is 16.6. The van der Waals surface area contributed by atoms with Crippen molar-refractivity contribution in [2.24, 2.45) is 7.05 Å². The van der Waals surface area contributed by atoms with E-state index in [1.54, 1.807) is 0 Å². The number of likely N-dealkylation sites (tertiary alicyclic amines) is 1. The van der Waals surface area contributed by atoms with Crippen LogP contribution in [-0.4, -0.2) is 50.8 Å². The van der Waals surface area contributed by atoms with Crippen LogP contribution in [0.1, 0.15) is 76.5 Å². The van der Waals surface area contributed by atoms with Gasteiger partial charge in [-0.2, -0.15) is 5.10 Å². The van der Waals surface area contributed by atoms with Crippen molar-refractivity contribution in [3.05, 3.63) is 29.5 Å². The molecule has 4 rings (SSSR count). The first-order chi connectivity index (χ1) is 15.0. The van der Waals surface area contributed by atoms with E-state index in [1.165, 1.54) is 5.56 Å². The molecule has 0 spiro atoms. The number of hydrogen-bond acceptors (Lipinski definition) is 5. The Kier molecular flexibility index (Phi) is 5.73. The number of imide groups is 1. The van der Waals surface area contributed by atoms with E-state index in [0.29, 0.717) is 25.3 Å². The zero-order valence-electron chi connectivity index (χ0n) is 19.5. The van der Waals surface area contributed by atoms with E-state index in [2.05, 4.69) is 29.5 Å². The van der Waals surface area contributed by atoms with E-state index < -0.39 is 11.5 Å². The first-order valence-corrected chi connectivity index (χ1v) is 11.3. The molecule has 8 nitrogen and oxygen atoms in total. The summed E-state index contributed by atoms with van der Waals surface area (Å²) in [6, 6.07) is 6.39. The van der Waals surface area contributed by atoms with E-state index >= 15 is 0 Å². The molecule has 0 saturated carbocycles. The van der Waals surface area contributed by atoms with Gasteiger partial charge < -0.3 is 9.64 Å². The molecular formula is C24H32N4O4. The van der Waals surface area contributed by atoms with E-state index in [-0.39, 0.29) is 23.9 Å². The van der Waals surface area contributed by atoms with Crippen LogP contribution in [0.25, 0.3) is 10.9 Å². The lowest BCUT2D eigenvalue weighted by atomic mass is 9.85. The Hall–Kier alpha value is -2.90. The molecule has 0 aliphatic carbocycles. The molecule has 2 fully saturated rings. The number of nitrogens with zero attached hydrogens (tertiary/aromatic N) is 3. The van der Waals surface area contributed by atoms with Crippen molar-refractivity contribution in [3.63, 3.8) is 0 Å². The normalized spacial score (nSPS) is 24.5. The summed E-state index contributed by atoms with van der Waals surface area (Å²) in [4.78, 5) is 38.2. The molecule has 2 saturated heterocycles. The lowest BCUT2D eigenvalue weighted by Gasteiger charge is -2.38. The van der Waals surface area contributed by atoms with Gasteiger partial charge in [-0.25, -0.2) is 4.79 Å². The summed E-state index contributed by atoms with van der Waals surface area (Å²) in [5.41, 5.74) is 2.42. The Morgan fingerprint density at radius 2 is 1.97 bits per heavy atom. The lowest BCUT2D eigenvalue weighted by molar-refractivity contribution is -0.134. The minimum absolute atomic E-state index is 0.0878. The van der Waals surface area contributed by atoms with Crippen molar-refractivity contribution in [2.45, 2.75) is 76.9 Å². The van der Waals surface area contributed by atoms with Crippen LogP contribution in [0, 0.1) is 0 Å². The highest BCUT2D eigenvalue weighted by Crippen LogP contribution is 2.36. The molecule has 3 atom stereocenters. The molecule has 2 aliphatic rings. The highest BCUT2D eigenvalue weighted by molar-refractivity contribution is 6.02. The number of ether oxygens (including phenoxy) is 1. The Balaban J connectivity index is 1.53. The van der Waals surface area contributed by atoms with Crippen LogP contribution in [0.15, 0.2) is 18.2 Å². The largest absolute Gasteiger partial charge is 0.444 e. The monoisotopic (exact) mass is 440 g/mol. The number of carbonyl (C=O) groups excluding carboxylic acids is 3. The van der Waals surface area contributed by atoms with E-state index in [1.807, 2.05) is 43.5 Å². The number of benzene rings is 1. The van der Waals surface area contributed by atoms with Crippen LogP contribution >= 0.6 is 0 Å². The van der Waals surface area contributed by atoms with Gasteiger partial charge in [-0.3, -0.25) is 19.6 Å². The van der Waals surface area contributed by atoms with Gasteiger partial charge in [0, 0.05) is 31.4 Å². The van der Waals surface area contributed by atoms with Gasteiger partial charge in [-0.1, -0.05) is 12.1 Å². The Bertz CT molecular complexity index is 1070. The number of piperidine rings is 2. The van der Waals surface area contributed by atoms with Crippen LogP contribution in [0.2, 0.25) is 0 Å². The molecule has 2 aromatic rings. The van der Waals surface area contributed by atoms with Crippen molar-refractivity contribution in [2.75, 3.05) is 6.54 Å². The van der Waals surface area contributed by atoms with Gasteiger partial charge in [-0.05, 0) is 64.5 Å². The maximum Gasteiger partial charge on any atom is 0.410 e. The van der Waals surface area contributed by atoms with E-state index in [4.69, 9.17) is 4.74 Å². The lowest BCUT2D eigenvalue weighted by Crippen LogP contribution is -2.46. The maximum atomic E-state index is 12.5. The number of carbonyl (C=O) groups is 3. The summed E-state index contributed by atoms with van der Waals surface area (Å²) in [6.07, 6.45) is 2.30. The summed E-state index contributed by atoms with van der Waals surface area (Å²) in [6.45, 7) is 8.38. The Labute approximate surface area is 188 Å². The van der Waals surface area contributed by atoms with Crippen molar-refractivity contribution in [3.8, 4) is 0 Å². The topological polar surface area (TPSA) is 93.5 Å². The van der Waals surface area contributed by atoms with Gasteiger partial charge in [0.15, 0.2) is 0 Å². The number of hydrogen-bond donors (Lipinski definition) is 1. The number of amides is 3. The molecule has 3 heterocycles. The number of rotatable bonds is 2. The van der Waals surface area contributed by atoms with Crippen LogP contribution in [0.3, 0.4) is 0 Å². The quantitative estimate of drug-likeness (QED) is 0.720. The van der Waals surface area contributed by atoms with Crippen LogP contribution < -0.4 is 5.32 Å². The molecule has 3 amide bonds. The van der Waals surface area contributed by atoms with Crippen LogP contribution in [0.5, 0.6) is 0 Å². The number of aromatic nitrogens is 2. The first kappa shape index (κ1) is 22.3. The van der Waals surface area contributed by atoms with Gasteiger partial charge >= 0.3 is 6.09 Å². The predicted octanol–water partition coefficient (Wildman–Crippen LogP) is 3.60. The Morgan fingerprint density at radius 1 is 1.22 bits per heavy atom. The van der Waals surface area contributed by atoms with Crippen molar-refractivity contribution in [1.82, 2.24) is 20.0 Å². The smallest absolute Gasteiger partial charge is 0.410 e. The fourth-order valence-corrected chi connectivity index (χ4v) is 4.83.